The second-order valence-electron chi connectivity index (χ2n) is 5.06. The highest BCUT2D eigenvalue weighted by Crippen LogP contribution is 2.17. The van der Waals surface area contributed by atoms with Crippen molar-refractivity contribution in [1.29, 1.82) is 0 Å². The Kier molecular flexibility index (Phi) is 5.20. The average Bonchev–Trinajstić information content (AvgIpc) is 2.55. The number of nitrogens with zero attached hydrogens (tertiary/aromatic N) is 1. The van der Waals surface area contributed by atoms with Crippen LogP contribution in [0.25, 0.3) is 0 Å². The highest BCUT2D eigenvalue weighted by atomic mass is 16.3. The van der Waals surface area contributed by atoms with E-state index in [-0.39, 0.29) is 22.9 Å². The molecular weight excluding hydrogens is 290 g/mol. The summed E-state index contributed by atoms with van der Waals surface area (Å²) in [7, 11) is 0. The lowest BCUT2D eigenvalue weighted by atomic mass is 10.0. The SMILES string of the molecule is CC(=O)/C(C=Nc1cccc(C(=O)c2ccccc2)c1)=C(\C)O. The molecule has 0 aliphatic carbocycles. The number of hydrogen-bond donors (Lipinski definition) is 1. The predicted octanol–water partition coefficient (Wildman–Crippen LogP) is 4.04. The van der Waals surface area contributed by atoms with Gasteiger partial charge in [0.15, 0.2) is 11.6 Å². The lowest BCUT2D eigenvalue weighted by Gasteiger charge is -2.02. The van der Waals surface area contributed by atoms with Gasteiger partial charge in [-0.15, -0.1) is 0 Å². The average molecular weight is 307 g/mol. The van der Waals surface area contributed by atoms with Gasteiger partial charge in [0.05, 0.1) is 11.3 Å². The predicted molar refractivity (Wildman–Crippen MR) is 90.5 cm³/mol. The van der Waals surface area contributed by atoms with E-state index in [0.717, 1.165) is 0 Å². The first-order chi connectivity index (χ1) is 11.0. The van der Waals surface area contributed by atoms with Crippen LogP contribution in [0.15, 0.2) is 70.9 Å². The molecule has 0 bridgehead atoms. The van der Waals surface area contributed by atoms with Gasteiger partial charge in [0, 0.05) is 17.3 Å². The van der Waals surface area contributed by atoms with Crippen LogP contribution in [0.2, 0.25) is 0 Å². The first kappa shape index (κ1) is 16.4. The van der Waals surface area contributed by atoms with Crippen molar-refractivity contribution in [3.63, 3.8) is 0 Å². The van der Waals surface area contributed by atoms with E-state index in [0.29, 0.717) is 16.8 Å². The van der Waals surface area contributed by atoms with Gasteiger partial charge in [0.25, 0.3) is 0 Å². The molecule has 116 valence electrons. The molecule has 2 aromatic rings. The number of benzene rings is 2. The highest BCUT2D eigenvalue weighted by molar-refractivity contribution is 6.13. The molecule has 2 rings (SSSR count). The number of rotatable bonds is 5. The summed E-state index contributed by atoms with van der Waals surface area (Å²) in [6.45, 7) is 2.79. The van der Waals surface area contributed by atoms with Crippen molar-refractivity contribution in [1.82, 2.24) is 0 Å². The van der Waals surface area contributed by atoms with Gasteiger partial charge >= 0.3 is 0 Å². The number of carbonyl (C=O) groups is 2. The molecule has 1 N–H and O–H groups in total. The molecule has 0 aliphatic heterocycles. The van der Waals surface area contributed by atoms with Crippen LogP contribution < -0.4 is 0 Å². The number of ketones is 2. The number of carbonyl (C=O) groups excluding carboxylic acids is 2. The summed E-state index contributed by atoms with van der Waals surface area (Å²) in [5.41, 5.74) is 1.79. The van der Waals surface area contributed by atoms with Gasteiger partial charge < -0.3 is 5.11 Å². The van der Waals surface area contributed by atoms with Crippen molar-refractivity contribution >= 4 is 23.5 Å². The van der Waals surface area contributed by atoms with Crippen LogP contribution in [-0.2, 0) is 4.79 Å². The third-order valence-corrected chi connectivity index (χ3v) is 3.26. The topological polar surface area (TPSA) is 66.7 Å². The Morgan fingerprint density at radius 2 is 1.61 bits per heavy atom. The lowest BCUT2D eigenvalue weighted by Crippen LogP contribution is -2.01. The summed E-state index contributed by atoms with van der Waals surface area (Å²) in [6, 6.07) is 15.8. The van der Waals surface area contributed by atoms with Crippen LogP contribution in [0, 0.1) is 0 Å². The zero-order valence-electron chi connectivity index (χ0n) is 13.0. The van der Waals surface area contributed by atoms with E-state index in [4.69, 9.17) is 0 Å². The molecule has 4 heteroatoms. The molecule has 0 spiro atoms. The van der Waals surface area contributed by atoms with Crippen LogP contribution in [0.3, 0.4) is 0 Å². The van der Waals surface area contributed by atoms with E-state index in [1.165, 1.54) is 20.1 Å². The maximum atomic E-state index is 12.4. The highest BCUT2D eigenvalue weighted by Gasteiger charge is 2.09. The Hall–Kier alpha value is -3.01. The second kappa shape index (κ2) is 7.31. The van der Waals surface area contributed by atoms with Gasteiger partial charge in [-0.05, 0) is 26.0 Å². The zero-order valence-corrected chi connectivity index (χ0v) is 13.0. The van der Waals surface area contributed by atoms with E-state index >= 15 is 0 Å². The summed E-state index contributed by atoms with van der Waals surface area (Å²) < 4.78 is 0. The Labute approximate surface area is 134 Å². The van der Waals surface area contributed by atoms with Crippen molar-refractivity contribution in [2.45, 2.75) is 13.8 Å². The fourth-order valence-electron chi connectivity index (χ4n) is 2.06. The molecule has 23 heavy (non-hydrogen) atoms. The van der Waals surface area contributed by atoms with Crippen LogP contribution >= 0.6 is 0 Å². The second-order valence-corrected chi connectivity index (χ2v) is 5.06. The monoisotopic (exact) mass is 307 g/mol. The summed E-state index contributed by atoms with van der Waals surface area (Å²) in [4.78, 5) is 28.0. The van der Waals surface area contributed by atoms with Crippen molar-refractivity contribution in [3.05, 3.63) is 77.1 Å². The van der Waals surface area contributed by atoms with Crippen molar-refractivity contribution in [3.8, 4) is 0 Å². The number of allylic oxidation sites excluding steroid dienone is 2. The summed E-state index contributed by atoms with van der Waals surface area (Å²) in [6.07, 6.45) is 1.31. The number of Topliss-reactive ketones (excluding diaryl/α,β-unsaturated/α-hetero) is 1. The van der Waals surface area contributed by atoms with Gasteiger partial charge in [-0.2, -0.15) is 0 Å². The molecule has 0 saturated carbocycles. The largest absolute Gasteiger partial charge is 0.512 e. The maximum absolute atomic E-state index is 12.4. The van der Waals surface area contributed by atoms with E-state index in [1.54, 1.807) is 36.4 Å². The quantitative estimate of drug-likeness (QED) is 0.392. The molecule has 2 aromatic carbocycles. The maximum Gasteiger partial charge on any atom is 0.193 e. The zero-order chi connectivity index (χ0) is 16.8. The van der Waals surface area contributed by atoms with E-state index in [1.807, 2.05) is 18.2 Å². The van der Waals surface area contributed by atoms with Gasteiger partial charge in [0.1, 0.15) is 5.76 Å². The Morgan fingerprint density at radius 3 is 2.22 bits per heavy atom. The van der Waals surface area contributed by atoms with E-state index in [9.17, 15) is 14.7 Å². The minimum absolute atomic E-state index is 0.0854. The Balaban J connectivity index is 2.29. The van der Waals surface area contributed by atoms with E-state index < -0.39 is 0 Å². The van der Waals surface area contributed by atoms with E-state index in [2.05, 4.69) is 4.99 Å². The standard InChI is InChI=1S/C19H17NO3/c1-13(21)18(14(2)22)12-20-17-10-6-9-16(11-17)19(23)15-7-4-3-5-8-15/h3-12,21H,1-2H3/b18-13+,20-12?. The molecule has 0 atom stereocenters. The molecule has 0 unspecified atom stereocenters. The molecule has 0 radical (unpaired) electrons. The third kappa shape index (κ3) is 4.23. The normalized spacial score (nSPS) is 12.1. The number of hydrogen-bond acceptors (Lipinski definition) is 4. The van der Waals surface area contributed by atoms with Crippen LogP contribution in [0.1, 0.15) is 29.8 Å². The lowest BCUT2D eigenvalue weighted by molar-refractivity contribution is -0.113. The molecule has 0 fully saturated rings. The smallest absolute Gasteiger partial charge is 0.193 e. The Morgan fingerprint density at radius 1 is 0.957 bits per heavy atom. The minimum atomic E-state index is -0.273. The first-order valence-electron chi connectivity index (χ1n) is 7.13. The molecule has 0 amide bonds. The van der Waals surface area contributed by atoms with Crippen LogP contribution in [0.5, 0.6) is 0 Å². The molecule has 0 aromatic heterocycles. The van der Waals surface area contributed by atoms with Gasteiger partial charge in [-0.3, -0.25) is 14.6 Å². The molecule has 0 saturated heterocycles. The minimum Gasteiger partial charge on any atom is -0.512 e. The molecule has 0 aliphatic rings. The molecular formula is C19H17NO3. The van der Waals surface area contributed by atoms with Gasteiger partial charge in [-0.1, -0.05) is 42.5 Å². The first-order valence-corrected chi connectivity index (χ1v) is 7.13. The molecule has 0 heterocycles. The fourth-order valence-corrected chi connectivity index (χ4v) is 2.06. The fraction of sp³-hybridized carbons (Fsp3) is 0.105. The van der Waals surface area contributed by atoms with Crippen molar-refractivity contribution in [2.24, 2.45) is 4.99 Å². The summed E-state index contributed by atoms with van der Waals surface area (Å²) in [5, 5.41) is 9.47. The summed E-state index contributed by atoms with van der Waals surface area (Å²) in [5.74, 6) is -0.452. The number of aliphatic imine (C=N–C) groups is 1. The van der Waals surface area contributed by atoms with Gasteiger partial charge in [-0.25, -0.2) is 0 Å². The molecule has 4 nitrogen and oxygen atoms in total. The van der Waals surface area contributed by atoms with Crippen LogP contribution in [0.4, 0.5) is 5.69 Å². The third-order valence-electron chi connectivity index (χ3n) is 3.26. The van der Waals surface area contributed by atoms with Crippen LogP contribution in [-0.4, -0.2) is 22.9 Å². The summed E-state index contributed by atoms with van der Waals surface area (Å²) >= 11 is 0. The number of aliphatic hydroxyl groups is 1. The van der Waals surface area contributed by atoms with Crippen molar-refractivity contribution in [2.75, 3.05) is 0 Å². The van der Waals surface area contributed by atoms with Crippen molar-refractivity contribution < 1.29 is 14.7 Å². The Bertz CT molecular complexity index is 785. The number of aliphatic hydroxyl groups excluding tert-OH is 1. The van der Waals surface area contributed by atoms with Gasteiger partial charge in [0.2, 0.25) is 0 Å².